The average Bonchev–Trinajstić information content (AvgIpc) is 2.46. The van der Waals surface area contributed by atoms with Crippen molar-refractivity contribution in [2.24, 2.45) is 0 Å². The van der Waals surface area contributed by atoms with Crippen LogP contribution < -0.4 is 0 Å². The number of para-hydroxylation sites is 2. The van der Waals surface area contributed by atoms with E-state index in [1.807, 2.05) is 24.3 Å². The number of fused-ring (bicyclic) bond motifs is 1. The molecule has 0 spiro atoms. The molecule has 1 heterocycles. The van der Waals surface area contributed by atoms with Gasteiger partial charge < -0.3 is 0 Å². The zero-order valence-electron chi connectivity index (χ0n) is 10.2. The molecule has 0 bridgehead atoms. The number of nitro groups is 1. The van der Waals surface area contributed by atoms with Gasteiger partial charge in [-0.05, 0) is 18.2 Å². The van der Waals surface area contributed by atoms with Crippen LogP contribution in [0.2, 0.25) is 5.02 Å². The summed E-state index contributed by atoms with van der Waals surface area (Å²) in [5, 5.41) is 11.0. The predicted molar refractivity (Wildman–Crippen MR) is 76.6 cm³/mol. The standard InChI is InChI=1S/C14H8ClN3O2/c15-11-7-9(18(19)20)5-6-10(11)14-8-16-12-3-1-2-4-13(12)17-14/h1-8H. The Kier molecular flexibility index (Phi) is 3.04. The molecular weight excluding hydrogens is 278 g/mol. The number of aromatic nitrogens is 2. The number of nitro benzene ring substituents is 1. The molecule has 98 valence electrons. The van der Waals surface area contributed by atoms with Gasteiger partial charge in [-0.3, -0.25) is 15.1 Å². The molecule has 3 rings (SSSR count). The lowest BCUT2D eigenvalue weighted by Crippen LogP contribution is -1.91. The summed E-state index contributed by atoms with van der Waals surface area (Å²) in [7, 11) is 0. The summed E-state index contributed by atoms with van der Waals surface area (Å²) < 4.78 is 0. The zero-order valence-corrected chi connectivity index (χ0v) is 10.9. The lowest BCUT2D eigenvalue weighted by molar-refractivity contribution is -0.384. The minimum absolute atomic E-state index is 0.0486. The first-order valence-electron chi connectivity index (χ1n) is 5.81. The van der Waals surface area contributed by atoms with Gasteiger partial charge in [0.25, 0.3) is 5.69 Å². The van der Waals surface area contributed by atoms with E-state index < -0.39 is 4.92 Å². The number of hydrogen-bond acceptors (Lipinski definition) is 4. The molecule has 3 aromatic rings. The second kappa shape index (κ2) is 4.86. The Morgan fingerprint density at radius 2 is 1.85 bits per heavy atom. The average molecular weight is 286 g/mol. The maximum atomic E-state index is 10.7. The van der Waals surface area contributed by atoms with Gasteiger partial charge in [-0.1, -0.05) is 23.7 Å². The van der Waals surface area contributed by atoms with Gasteiger partial charge in [0.2, 0.25) is 0 Å². The van der Waals surface area contributed by atoms with Crippen LogP contribution in [0.15, 0.2) is 48.7 Å². The maximum absolute atomic E-state index is 10.7. The fourth-order valence-corrected chi connectivity index (χ4v) is 2.18. The van der Waals surface area contributed by atoms with E-state index in [-0.39, 0.29) is 10.7 Å². The Morgan fingerprint density at radius 1 is 1.10 bits per heavy atom. The summed E-state index contributed by atoms with van der Waals surface area (Å²) in [6.07, 6.45) is 1.61. The first-order chi connectivity index (χ1) is 9.65. The van der Waals surface area contributed by atoms with Crippen molar-refractivity contribution in [2.45, 2.75) is 0 Å². The van der Waals surface area contributed by atoms with Crippen LogP contribution in [-0.2, 0) is 0 Å². The molecule has 0 saturated carbocycles. The van der Waals surface area contributed by atoms with Crippen LogP contribution in [0.1, 0.15) is 0 Å². The Balaban J connectivity index is 2.13. The molecule has 5 nitrogen and oxygen atoms in total. The fraction of sp³-hybridized carbons (Fsp3) is 0. The van der Waals surface area contributed by atoms with Gasteiger partial charge in [-0.2, -0.15) is 0 Å². The third-order valence-electron chi connectivity index (χ3n) is 2.89. The fourth-order valence-electron chi connectivity index (χ4n) is 1.91. The third-order valence-corrected chi connectivity index (χ3v) is 3.20. The molecule has 1 aromatic heterocycles. The molecule has 20 heavy (non-hydrogen) atoms. The molecule has 0 saturated heterocycles. The maximum Gasteiger partial charge on any atom is 0.270 e. The summed E-state index contributed by atoms with van der Waals surface area (Å²) >= 11 is 6.09. The smallest absolute Gasteiger partial charge is 0.258 e. The van der Waals surface area contributed by atoms with Gasteiger partial charge in [0.15, 0.2) is 0 Å². The Hall–Kier alpha value is -2.53. The molecule has 0 aliphatic heterocycles. The molecule has 6 heteroatoms. The van der Waals surface area contributed by atoms with Gasteiger partial charge in [-0.15, -0.1) is 0 Å². The van der Waals surface area contributed by atoms with Crippen LogP contribution in [0, 0.1) is 10.1 Å². The number of non-ortho nitro benzene ring substituents is 1. The van der Waals surface area contributed by atoms with Gasteiger partial charge in [0.1, 0.15) is 0 Å². The van der Waals surface area contributed by atoms with Crippen LogP contribution in [-0.4, -0.2) is 14.9 Å². The Morgan fingerprint density at radius 3 is 2.55 bits per heavy atom. The van der Waals surface area contributed by atoms with Crippen molar-refractivity contribution in [1.29, 1.82) is 0 Å². The molecule has 0 aliphatic rings. The number of hydrogen-bond donors (Lipinski definition) is 0. The van der Waals surface area contributed by atoms with E-state index in [1.54, 1.807) is 12.3 Å². The molecule has 0 N–H and O–H groups in total. The SMILES string of the molecule is O=[N+]([O-])c1ccc(-c2cnc3ccccc3n2)c(Cl)c1. The molecule has 0 atom stereocenters. The van der Waals surface area contributed by atoms with E-state index in [0.29, 0.717) is 11.3 Å². The Labute approximate surface area is 119 Å². The molecule has 0 radical (unpaired) electrons. The van der Waals surface area contributed by atoms with E-state index in [1.165, 1.54) is 12.1 Å². The molecular formula is C14H8ClN3O2. The van der Waals surface area contributed by atoms with Crippen molar-refractivity contribution < 1.29 is 4.92 Å². The molecule has 0 unspecified atom stereocenters. The third kappa shape index (κ3) is 2.19. The summed E-state index contributed by atoms with van der Waals surface area (Å²) in [4.78, 5) is 19.0. The van der Waals surface area contributed by atoms with Crippen molar-refractivity contribution >= 4 is 28.3 Å². The minimum atomic E-state index is -0.484. The van der Waals surface area contributed by atoms with Crippen LogP contribution >= 0.6 is 11.6 Å². The van der Waals surface area contributed by atoms with Crippen molar-refractivity contribution in [1.82, 2.24) is 9.97 Å². The summed E-state index contributed by atoms with van der Waals surface area (Å²) in [5.74, 6) is 0. The number of benzene rings is 2. The van der Waals surface area contributed by atoms with Crippen LogP contribution in [0.25, 0.3) is 22.3 Å². The van der Waals surface area contributed by atoms with E-state index in [4.69, 9.17) is 11.6 Å². The predicted octanol–water partition coefficient (Wildman–Crippen LogP) is 3.86. The zero-order chi connectivity index (χ0) is 14.1. The highest BCUT2D eigenvalue weighted by atomic mass is 35.5. The van der Waals surface area contributed by atoms with E-state index in [2.05, 4.69) is 9.97 Å². The summed E-state index contributed by atoms with van der Waals surface area (Å²) in [5.41, 5.74) is 2.69. The number of halogens is 1. The van der Waals surface area contributed by atoms with Gasteiger partial charge in [0, 0.05) is 17.7 Å². The molecule has 0 aliphatic carbocycles. The quantitative estimate of drug-likeness (QED) is 0.529. The second-order valence-corrected chi connectivity index (χ2v) is 4.57. The summed E-state index contributed by atoms with van der Waals surface area (Å²) in [6.45, 7) is 0. The molecule has 0 amide bonds. The molecule has 0 fully saturated rings. The van der Waals surface area contributed by atoms with Gasteiger partial charge in [-0.25, -0.2) is 4.98 Å². The van der Waals surface area contributed by atoms with Crippen LogP contribution in [0.4, 0.5) is 5.69 Å². The van der Waals surface area contributed by atoms with Crippen molar-refractivity contribution in [3.63, 3.8) is 0 Å². The van der Waals surface area contributed by atoms with Crippen molar-refractivity contribution in [3.8, 4) is 11.3 Å². The first-order valence-corrected chi connectivity index (χ1v) is 6.19. The minimum Gasteiger partial charge on any atom is -0.258 e. The lowest BCUT2D eigenvalue weighted by Gasteiger charge is -2.04. The van der Waals surface area contributed by atoms with Crippen molar-refractivity contribution in [3.05, 3.63) is 63.8 Å². The largest absolute Gasteiger partial charge is 0.270 e. The van der Waals surface area contributed by atoms with Crippen LogP contribution in [0.3, 0.4) is 0 Å². The van der Waals surface area contributed by atoms with Gasteiger partial charge >= 0.3 is 0 Å². The highest BCUT2D eigenvalue weighted by Crippen LogP contribution is 2.30. The Bertz CT molecular complexity index is 820. The lowest BCUT2D eigenvalue weighted by atomic mass is 10.1. The van der Waals surface area contributed by atoms with E-state index in [9.17, 15) is 10.1 Å². The highest BCUT2D eigenvalue weighted by molar-refractivity contribution is 6.33. The van der Waals surface area contributed by atoms with Crippen LogP contribution in [0.5, 0.6) is 0 Å². The second-order valence-electron chi connectivity index (χ2n) is 4.17. The number of rotatable bonds is 2. The van der Waals surface area contributed by atoms with E-state index >= 15 is 0 Å². The highest BCUT2D eigenvalue weighted by Gasteiger charge is 2.12. The molecule has 2 aromatic carbocycles. The summed E-state index contributed by atoms with van der Waals surface area (Å²) in [6, 6.07) is 11.8. The topological polar surface area (TPSA) is 68.9 Å². The normalized spacial score (nSPS) is 10.7. The van der Waals surface area contributed by atoms with Crippen molar-refractivity contribution in [2.75, 3.05) is 0 Å². The number of nitrogens with zero attached hydrogens (tertiary/aromatic N) is 3. The van der Waals surface area contributed by atoms with Gasteiger partial charge in [0.05, 0.1) is 32.9 Å². The first kappa shape index (κ1) is 12.5. The monoisotopic (exact) mass is 285 g/mol. The van der Waals surface area contributed by atoms with E-state index in [0.717, 1.165) is 11.0 Å².